The molecular formula is C21H33N3O5S. The van der Waals surface area contributed by atoms with Crippen LogP contribution in [0.3, 0.4) is 0 Å². The molecule has 2 saturated heterocycles. The second-order valence-corrected chi connectivity index (χ2v) is 10.1. The third-order valence-corrected chi connectivity index (χ3v) is 8.20. The Hall–Kier alpha value is -1.84. The lowest BCUT2D eigenvalue weighted by Gasteiger charge is -2.37. The standard InChI is InChI=1S/C21H33N3O5S/c1-16-6-10-23(11-7-16)30(26,27)24-12-8-17(9-13-24)21(25)22-15-18-4-5-19(28-2)14-20(18)29-3/h4-5,14,16-17H,6-13,15H2,1-3H3,(H,22,25). The van der Waals surface area contributed by atoms with E-state index in [0.717, 1.165) is 18.4 Å². The van der Waals surface area contributed by atoms with Crippen LogP contribution in [0.4, 0.5) is 0 Å². The van der Waals surface area contributed by atoms with Crippen LogP contribution in [0.25, 0.3) is 0 Å². The zero-order chi connectivity index (χ0) is 21.7. The first-order chi connectivity index (χ1) is 14.3. The summed E-state index contributed by atoms with van der Waals surface area (Å²) in [5.74, 6) is 1.71. The second kappa shape index (κ2) is 9.98. The number of nitrogens with zero attached hydrogens (tertiary/aromatic N) is 2. The minimum atomic E-state index is -3.42. The first-order valence-corrected chi connectivity index (χ1v) is 12.0. The average Bonchev–Trinajstić information content (AvgIpc) is 2.77. The van der Waals surface area contributed by atoms with Crippen molar-refractivity contribution in [3.63, 3.8) is 0 Å². The molecule has 0 saturated carbocycles. The molecular weight excluding hydrogens is 406 g/mol. The van der Waals surface area contributed by atoms with Gasteiger partial charge in [0, 0.05) is 50.3 Å². The topological polar surface area (TPSA) is 88.2 Å². The van der Waals surface area contributed by atoms with Crippen LogP contribution in [-0.4, -0.2) is 63.3 Å². The van der Waals surface area contributed by atoms with Gasteiger partial charge in [-0.15, -0.1) is 0 Å². The summed E-state index contributed by atoms with van der Waals surface area (Å²) in [7, 11) is -0.248. The maximum atomic E-state index is 12.9. The molecule has 30 heavy (non-hydrogen) atoms. The Bertz CT molecular complexity index is 829. The summed E-state index contributed by atoms with van der Waals surface area (Å²) in [5, 5.41) is 2.96. The maximum Gasteiger partial charge on any atom is 0.281 e. The molecule has 1 aromatic rings. The van der Waals surface area contributed by atoms with E-state index < -0.39 is 10.2 Å². The van der Waals surface area contributed by atoms with E-state index in [2.05, 4.69) is 12.2 Å². The molecule has 168 valence electrons. The van der Waals surface area contributed by atoms with Crippen molar-refractivity contribution in [2.24, 2.45) is 11.8 Å². The van der Waals surface area contributed by atoms with E-state index in [4.69, 9.17) is 9.47 Å². The summed E-state index contributed by atoms with van der Waals surface area (Å²) < 4.78 is 39.5. The smallest absolute Gasteiger partial charge is 0.281 e. The molecule has 0 atom stereocenters. The van der Waals surface area contributed by atoms with Crippen molar-refractivity contribution in [2.45, 2.75) is 39.2 Å². The fourth-order valence-corrected chi connectivity index (χ4v) is 5.72. The molecule has 2 aliphatic rings. The summed E-state index contributed by atoms with van der Waals surface area (Å²) in [6, 6.07) is 5.48. The summed E-state index contributed by atoms with van der Waals surface area (Å²) in [6.45, 7) is 4.48. The molecule has 1 aromatic carbocycles. The van der Waals surface area contributed by atoms with Crippen molar-refractivity contribution in [1.82, 2.24) is 13.9 Å². The van der Waals surface area contributed by atoms with Gasteiger partial charge in [0.1, 0.15) is 11.5 Å². The first kappa shape index (κ1) is 22.8. The van der Waals surface area contributed by atoms with E-state index >= 15 is 0 Å². The summed E-state index contributed by atoms with van der Waals surface area (Å²) in [4.78, 5) is 12.6. The molecule has 0 aromatic heterocycles. The Morgan fingerprint density at radius 2 is 1.63 bits per heavy atom. The molecule has 3 rings (SSSR count). The quantitative estimate of drug-likeness (QED) is 0.702. The lowest BCUT2D eigenvalue weighted by Crippen LogP contribution is -2.50. The SMILES string of the molecule is COc1ccc(CNC(=O)C2CCN(S(=O)(=O)N3CCC(C)CC3)CC2)c(OC)c1. The Balaban J connectivity index is 1.51. The van der Waals surface area contributed by atoms with Crippen molar-refractivity contribution in [2.75, 3.05) is 40.4 Å². The number of hydrogen-bond acceptors (Lipinski definition) is 5. The Kier molecular flexibility index (Phi) is 7.60. The number of nitrogens with one attached hydrogen (secondary N) is 1. The highest BCUT2D eigenvalue weighted by Gasteiger charge is 2.35. The molecule has 2 heterocycles. The van der Waals surface area contributed by atoms with Crippen LogP contribution in [0.1, 0.15) is 38.2 Å². The molecule has 2 fully saturated rings. The molecule has 1 N–H and O–H groups in total. The molecule has 0 radical (unpaired) electrons. The number of amides is 1. The van der Waals surface area contributed by atoms with Gasteiger partial charge in [0.2, 0.25) is 5.91 Å². The Morgan fingerprint density at radius 1 is 1.03 bits per heavy atom. The van der Waals surface area contributed by atoms with Gasteiger partial charge in [0.05, 0.1) is 14.2 Å². The van der Waals surface area contributed by atoms with Gasteiger partial charge in [-0.05, 0) is 43.7 Å². The van der Waals surface area contributed by atoms with Crippen LogP contribution in [0, 0.1) is 11.8 Å². The average molecular weight is 440 g/mol. The largest absolute Gasteiger partial charge is 0.497 e. The Labute approximate surface area is 179 Å². The molecule has 2 aliphatic heterocycles. The van der Waals surface area contributed by atoms with Crippen molar-refractivity contribution in [3.05, 3.63) is 23.8 Å². The predicted octanol–water partition coefficient (Wildman–Crippen LogP) is 2.01. The lowest BCUT2D eigenvalue weighted by atomic mass is 9.97. The van der Waals surface area contributed by atoms with Crippen molar-refractivity contribution in [1.29, 1.82) is 0 Å². The number of hydrogen-bond donors (Lipinski definition) is 1. The molecule has 9 heteroatoms. The van der Waals surface area contributed by atoms with Gasteiger partial charge in [0.25, 0.3) is 10.2 Å². The summed E-state index contributed by atoms with van der Waals surface area (Å²) in [5.41, 5.74) is 0.867. The highest BCUT2D eigenvalue weighted by Crippen LogP contribution is 2.27. The van der Waals surface area contributed by atoms with Gasteiger partial charge in [-0.2, -0.15) is 17.0 Å². The number of rotatable bonds is 7. The number of carbonyl (C=O) groups excluding carboxylic acids is 1. The predicted molar refractivity (Wildman–Crippen MR) is 115 cm³/mol. The highest BCUT2D eigenvalue weighted by molar-refractivity contribution is 7.86. The van der Waals surface area contributed by atoms with Crippen molar-refractivity contribution >= 4 is 16.1 Å². The first-order valence-electron chi connectivity index (χ1n) is 10.6. The van der Waals surface area contributed by atoms with E-state index in [1.165, 1.54) is 0 Å². The Morgan fingerprint density at radius 3 is 2.20 bits per heavy atom. The van der Waals surface area contributed by atoms with Crippen molar-refractivity contribution in [3.8, 4) is 11.5 Å². The van der Waals surface area contributed by atoms with E-state index in [0.29, 0.717) is 63.0 Å². The van der Waals surface area contributed by atoms with Gasteiger partial charge >= 0.3 is 0 Å². The minimum Gasteiger partial charge on any atom is -0.497 e. The third-order valence-electron chi connectivity index (χ3n) is 6.17. The highest BCUT2D eigenvalue weighted by atomic mass is 32.2. The van der Waals surface area contributed by atoms with Crippen LogP contribution in [0.2, 0.25) is 0 Å². The molecule has 0 bridgehead atoms. The monoisotopic (exact) mass is 439 g/mol. The van der Waals surface area contributed by atoms with E-state index in [1.54, 1.807) is 28.9 Å². The van der Waals surface area contributed by atoms with Crippen LogP contribution in [0.5, 0.6) is 11.5 Å². The van der Waals surface area contributed by atoms with Crippen molar-refractivity contribution < 1.29 is 22.7 Å². The summed E-state index contributed by atoms with van der Waals surface area (Å²) >= 11 is 0. The lowest BCUT2D eigenvalue weighted by molar-refractivity contribution is -0.126. The molecule has 8 nitrogen and oxygen atoms in total. The number of methoxy groups -OCH3 is 2. The zero-order valence-corrected chi connectivity index (χ0v) is 18.9. The molecule has 1 amide bonds. The van der Waals surface area contributed by atoms with Crippen LogP contribution >= 0.6 is 0 Å². The molecule has 0 unspecified atom stereocenters. The van der Waals surface area contributed by atoms with Gasteiger partial charge in [-0.25, -0.2) is 0 Å². The van der Waals surface area contributed by atoms with Gasteiger partial charge in [-0.1, -0.05) is 6.92 Å². The second-order valence-electron chi connectivity index (χ2n) is 8.16. The van der Waals surface area contributed by atoms with E-state index in [9.17, 15) is 13.2 Å². The normalized spacial score (nSPS) is 20.1. The number of carbonyl (C=O) groups is 1. The van der Waals surface area contributed by atoms with Crippen LogP contribution in [-0.2, 0) is 21.5 Å². The van der Waals surface area contributed by atoms with E-state index in [1.807, 2.05) is 12.1 Å². The minimum absolute atomic E-state index is 0.0447. The molecule has 0 aliphatic carbocycles. The van der Waals surface area contributed by atoms with Crippen LogP contribution < -0.4 is 14.8 Å². The number of benzene rings is 1. The van der Waals surface area contributed by atoms with E-state index in [-0.39, 0.29) is 11.8 Å². The zero-order valence-electron chi connectivity index (χ0n) is 18.1. The maximum absolute atomic E-state index is 12.9. The van der Waals surface area contributed by atoms with Gasteiger partial charge in [-0.3, -0.25) is 4.79 Å². The van der Waals surface area contributed by atoms with Gasteiger partial charge < -0.3 is 14.8 Å². The third kappa shape index (κ3) is 5.25. The molecule has 0 spiro atoms. The number of ether oxygens (including phenoxy) is 2. The fraction of sp³-hybridized carbons (Fsp3) is 0.667. The summed E-state index contributed by atoms with van der Waals surface area (Å²) in [6.07, 6.45) is 2.89. The van der Waals surface area contributed by atoms with Crippen LogP contribution in [0.15, 0.2) is 18.2 Å². The van der Waals surface area contributed by atoms with Gasteiger partial charge in [0.15, 0.2) is 0 Å². The fourth-order valence-electron chi connectivity index (χ4n) is 4.05. The number of piperidine rings is 2.